The van der Waals surface area contributed by atoms with Crippen LogP contribution in [0.25, 0.3) is 0 Å². The first-order valence-corrected chi connectivity index (χ1v) is 10.1. The molecule has 1 heterocycles. The molecule has 154 valence electrons. The van der Waals surface area contributed by atoms with Gasteiger partial charge in [-0.15, -0.1) is 24.0 Å². The molecule has 0 atom stereocenters. The second-order valence-electron chi connectivity index (χ2n) is 6.80. The number of hydrogen-bond donors (Lipinski definition) is 2. The highest BCUT2D eigenvalue weighted by molar-refractivity contribution is 14.0. The van der Waals surface area contributed by atoms with E-state index in [-0.39, 0.29) is 24.0 Å². The molecule has 1 aromatic carbocycles. The Labute approximate surface area is 186 Å². The van der Waals surface area contributed by atoms with Crippen molar-refractivity contribution in [1.29, 1.82) is 0 Å². The summed E-state index contributed by atoms with van der Waals surface area (Å²) in [5.41, 5.74) is 1.28. The van der Waals surface area contributed by atoms with E-state index in [0.717, 1.165) is 63.3 Å². The fourth-order valence-electron chi connectivity index (χ4n) is 3.15. The summed E-state index contributed by atoms with van der Waals surface area (Å²) in [6, 6.07) is 8.03. The Morgan fingerprint density at radius 1 is 1.22 bits per heavy atom. The second-order valence-corrected chi connectivity index (χ2v) is 7.24. The number of likely N-dealkylation sites (tertiary alicyclic amines) is 1. The summed E-state index contributed by atoms with van der Waals surface area (Å²) >= 11 is 5.93. The van der Waals surface area contributed by atoms with Gasteiger partial charge in [0.2, 0.25) is 0 Å². The second kappa shape index (κ2) is 14.4. The fraction of sp³-hybridized carbons (Fsp3) is 0.650. The molecule has 0 aliphatic carbocycles. The summed E-state index contributed by atoms with van der Waals surface area (Å²) in [7, 11) is 1.77. The van der Waals surface area contributed by atoms with Crippen LogP contribution < -0.4 is 10.6 Å². The molecule has 5 nitrogen and oxygen atoms in total. The predicted octanol–water partition coefficient (Wildman–Crippen LogP) is 3.41. The van der Waals surface area contributed by atoms with Crippen molar-refractivity contribution in [3.05, 3.63) is 34.9 Å². The highest BCUT2D eigenvalue weighted by atomic mass is 127. The summed E-state index contributed by atoms with van der Waals surface area (Å²) < 4.78 is 5.17. The maximum Gasteiger partial charge on any atom is 0.191 e. The van der Waals surface area contributed by atoms with Crippen molar-refractivity contribution >= 4 is 41.5 Å². The Balaban J connectivity index is 0.00000364. The third kappa shape index (κ3) is 9.96. The third-order valence-electron chi connectivity index (χ3n) is 4.79. The monoisotopic (exact) mass is 508 g/mol. The van der Waals surface area contributed by atoms with Crippen LogP contribution in [0.15, 0.2) is 29.3 Å². The van der Waals surface area contributed by atoms with Crippen molar-refractivity contribution < 1.29 is 4.74 Å². The van der Waals surface area contributed by atoms with Crippen molar-refractivity contribution in [2.24, 2.45) is 10.9 Å². The van der Waals surface area contributed by atoms with Crippen molar-refractivity contribution in [2.45, 2.75) is 26.2 Å². The molecule has 1 fully saturated rings. The minimum Gasteiger partial charge on any atom is -0.383 e. The molecular formula is C20H34ClIN4O. The number of halogens is 2. The molecule has 0 unspecified atom stereocenters. The van der Waals surface area contributed by atoms with Gasteiger partial charge in [-0.25, -0.2) is 0 Å². The minimum atomic E-state index is 0. The Kier molecular flexibility index (Phi) is 13.1. The zero-order valence-corrected chi connectivity index (χ0v) is 19.6. The van der Waals surface area contributed by atoms with Crippen molar-refractivity contribution in [2.75, 3.05) is 53.0 Å². The zero-order valence-electron chi connectivity index (χ0n) is 16.5. The number of nitrogens with zero attached hydrogens (tertiary/aromatic N) is 2. The molecule has 2 rings (SSSR count). The quantitative estimate of drug-likeness (QED) is 0.305. The Hall–Kier alpha value is -0.570. The summed E-state index contributed by atoms with van der Waals surface area (Å²) in [5, 5.41) is 7.57. The van der Waals surface area contributed by atoms with Crippen LogP contribution in [0.5, 0.6) is 0 Å². The number of guanidine groups is 1. The predicted molar refractivity (Wildman–Crippen MR) is 126 cm³/mol. The van der Waals surface area contributed by atoms with Gasteiger partial charge in [0, 0.05) is 38.3 Å². The van der Waals surface area contributed by atoms with E-state index in [1.807, 2.05) is 12.1 Å². The molecule has 7 heteroatoms. The summed E-state index contributed by atoms with van der Waals surface area (Å²) in [5.74, 6) is 1.60. The first-order valence-electron chi connectivity index (χ1n) is 9.69. The molecule has 1 aromatic rings. The number of aliphatic imine (C=N–C) groups is 1. The van der Waals surface area contributed by atoms with Gasteiger partial charge < -0.3 is 20.3 Å². The highest BCUT2D eigenvalue weighted by Crippen LogP contribution is 2.17. The number of hydrogen-bond acceptors (Lipinski definition) is 3. The molecule has 2 N–H and O–H groups in total. The molecule has 0 spiro atoms. The van der Waals surface area contributed by atoms with Crippen LogP contribution in [0.2, 0.25) is 5.02 Å². The van der Waals surface area contributed by atoms with Gasteiger partial charge in [-0.05, 0) is 62.9 Å². The molecule has 0 aromatic heterocycles. The van der Waals surface area contributed by atoms with Gasteiger partial charge in [-0.3, -0.25) is 4.99 Å². The van der Waals surface area contributed by atoms with E-state index in [1.165, 1.54) is 18.4 Å². The Bertz CT molecular complexity index is 533. The van der Waals surface area contributed by atoms with Crippen LogP contribution in [-0.2, 0) is 11.2 Å². The van der Waals surface area contributed by atoms with Gasteiger partial charge in [0.15, 0.2) is 5.96 Å². The normalized spacial score (nSPS) is 16.0. The van der Waals surface area contributed by atoms with Crippen LogP contribution >= 0.6 is 35.6 Å². The molecule has 1 saturated heterocycles. The lowest BCUT2D eigenvalue weighted by Crippen LogP contribution is -2.40. The fourth-order valence-corrected chi connectivity index (χ4v) is 3.28. The largest absolute Gasteiger partial charge is 0.383 e. The van der Waals surface area contributed by atoms with Crippen LogP contribution in [0, 0.1) is 5.92 Å². The van der Waals surface area contributed by atoms with Gasteiger partial charge in [-0.1, -0.05) is 23.7 Å². The molecule has 27 heavy (non-hydrogen) atoms. The summed E-state index contributed by atoms with van der Waals surface area (Å²) in [4.78, 5) is 7.29. The van der Waals surface area contributed by atoms with Gasteiger partial charge in [0.25, 0.3) is 0 Å². The molecule has 1 aliphatic rings. The van der Waals surface area contributed by atoms with E-state index in [9.17, 15) is 0 Å². The van der Waals surface area contributed by atoms with Crippen LogP contribution in [-0.4, -0.2) is 63.8 Å². The van der Waals surface area contributed by atoms with Gasteiger partial charge in [0.05, 0.1) is 6.61 Å². The van der Waals surface area contributed by atoms with Crippen LogP contribution in [0.1, 0.15) is 25.3 Å². The van der Waals surface area contributed by atoms with Gasteiger partial charge in [0.1, 0.15) is 0 Å². The lowest BCUT2D eigenvalue weighted by molar-refractivity contribution is 0.121. The van der Waals surface area contributed by atoms with E-state index in [2.05, 4.69) is 34.6 Å². The maximum absolute atomic E-state index is 5.93. The Morgan fingerprint density at radius 2 is 1.93 bits per heavy atom. The number of rotatable bonds is 9. The van der Waals surface area contributed by atoms with E-state index in [0.29, 0.717) is 5.92 Å². The molecular weight excluding hydrogens is 475 g/mol. The molecule has 0 bridgehead atoms. The average Bonchev–Trinajstić information content (AvgIpc) is 2.67. The standard InChI is InChI=1S/C20H33ClN4O.HI/c1-3-22-20(23-11-8-17-4-6-19(21)7-5-17)24-16-18-9-12-25(13-10-18)14-15-26-2;/h4-7,18H,3,8-16H2,1-2H3,(H2,22,23,24);1H. The average molecular weight is 509 g/mol. The van der Waals surface area contributed by atoms with Gasteiger partial charge >= 0.3 is 0 Å². The van der Waals surface area contributed by atoms with Crippen LogP contribution in [0.4, 0.5) is 0 Å². The van der Waals surface area contributed by atoms with Crippen molar-refractivity contribution in [3.8, 4) is 0 Å². The lowest BCUT2D eigenvalue weighted by atomic mass is 9.97. The summed E-state index contributed by atoms with van der Waals surface area (Å²) in [6.07, 6.45) is 3.40. The van der Waals surface area contributed by atoms with Crippen molar-refractivity contribution in [1.82, 2.24) is 15.5 Å². The van der Waals surface area contributed by atoms with E-state index in [4.69, 9.17) is 21.3 Å². The highest BCUT2D eigenvalue weighted by Gasteiger charge is 2.18. The number of benzene rings is 1. The first kappa shape index (κ1) is 24.5. The zero-order chi connectivity index (χ0) is 18.6. The molecule has 0 radical (unpaired) electrons. The SMILES string of the molecule is CCNC(=NCC1CCN(CCOC)CC1)NCCc1ccc(Cl)cc1.I. The topological polar surface area (TPSA) is 48.9 Å². The third-order valence-corrected chi connectivity index (χ3v) is 5.04. The number of nitrogens with one attached hydrogen (secondary N) is 2. The van der Waals surface area contributed by atoms with E-state index >= 15 is 0 Å². The molecule has 0 saturated carbocycles. The minimum absolute atomic E-state index is 0. The number of piperidine rings is 1. The number of ether oxygens (including phenoxy) is 1. The lowest BCUT2D eigenvalue weighted by Gasteiger charge is -2.31. The Morgan fingerprint density at radius 3 is 2.56 bits per heavy atom. The van der Waals surface area contributed by atoms with Crippen LogP contribution in [0.3, 0.4) is 0 Å². The number of methoxy groups -OCH3 is 1. The van der Waals surface area contributed by atoms with E-state index in [1.54, 1.807) is 7.11 Å². The first-order chi connectivity index (χ1) is 12.7. The molecule has 1 aliphatic heterocycles. The van der Waals surface area contributed by atoms with Gasteiger partial charge in [-0.2, -0.15) is 0 Å². The maximum atomic E-state index is 5.93. The smallest absolute Gasteiger partial charge is 0.191 e. The van der Waals surface area contributed by atoms with Crippen molar-refractivity contribution in [3.63, 3.8) is 0 Å². The summed E-state index contributed by atoms with van der Waals surface area (Å²) in [6.45, 7) is 8.92. The molecule has 0 amide bonds. The van der Waals surface area contributed by atoms with E-state index < -0.39 is 0 Å².